The van der Waals surface area contributed by atoms with Crippen molar-refractivity contribution in [3.63, 3.8) is 0 Å². The van der Waals surface area contributed by atoms with Crippen LogP contribution in [0.3, 0.4) is 0 Å². The minimum absolute atomic E-state index is 0.146. The van der Waals surface area contributed by atoms with Gasteiger partial charge in [0.15, 0.2) is 0 Å². The van der Waals surface area contributed by atoms with E-state index < -0.39 is 10.0 Å². The lowest BCUT2D eigenvalue weighted by molar-refractivity contribution is 0.0956. The lowest BCUT2D eigenvalue weighted by atomic mass is 10.1. The number of thiophene rings is 1. The average molecular weight is 399 g/mol. The molecular weight excluding hydrogens is 376 g/mol. The van der Waals surface area contributed by atoms with E-state index in [-0.39, 0.29) is 10.8 Å². The number of amides is 1. The molecule has 8 heteroatoms. The third-order valence-corrected chi connectivity index (χ3v) is 7.40. The van der Waals surface area contributed by atoms with Crippen LogP contribution in [0.5, 0.6) is 0 Å². The van der Waals surface area contributed by atoms with Crippen LogP contribution >= 0.6 is 23.1 Å². The van der Waals surface area contributed by atoms with Crippen molar-refractivity contribution >= 4 is 39.0 Å². The lowest BCUT2D eigenvalue weighted by Gasteiger charge is -2.12. The number of carbonyl (C=O) groups is 1. The summed E-state index contributed by atoms with van der Waals surface area (Å²) in [5.74, 6) is 1.48. The topological polar surface area (TPSA) is 75.3 Å². The lowest BCUT2D eigenvalue weighted by Crippen LogP contribution is -2.27. The van der Waals surface area contributed by atoms with E-state index in [1.807, 2.05) is 11.4 Å². The van der Waals surface area contributed by atoms with Gasteiger partial charge in [-0.3, -0.25) is 4.79 Å². The molecule has 25 heavy (non-hydrogen) atoms. The van der Waals surface area contributed by atoms with Crippen molar-refractivity contribution in [2.45, 2.75) is 24.5 Å². The summed E-state index contributed by atoms with van der Waals surface area (Å²) in [6.07, 6.45) is 0. The Kier molecular flexibility index (Phi) is 7.06. The Morgan fingerprint density at radius 2 is 2.04 bits per heavy atom. The van der Waals surface area contributed by atoms with Gasteiger partial charge in [0.25, 0.3) is 5.91 Å². The number of nitrogens with one attached hydrogen (secondary N) is 2. The Hall–Kier alpha value is -1.35. The van der Waals surface area contributed by atoms with E-state index in [0.29, 0.717) is 17.7 Å². The third-order valence-electron chi connectivity index (χ3n) is 3.80. The van der Waals surface area contributed by atoms with E-state index in [1.165, 1.54) is 18.0 Å². The van der Waals surface area contributed by atoms with Crippen molar-refractivity contribution in [1.29, 1.82) is 0 Å². The summed E-state index contributed by atoms with van der Waals surface area (Å²) in [7, 11) is -2.23. The molecule has 0 aliphatic carbocycles. The zero-order chi connectivity index (χ0) is 18.4. The van der Waals surface area contributed by atoms with Crippen LogP contribution in [0, 0.1) is 13.8 Å². The van der Waals surface area contributed by atoms with E-state index in [9.17, 15) is 13.2 Å². The average Bonchev–Trinajstić information content (AvgIpc) is 3.09. The van der Waals surface area contributed by atoms with Crippen LogP contribution < -0.4 is 10.0 Å². The van der Waals surface area contributed by atoms with Crippen LogP contribution in [0.1, 0.15) is 26.4 Å². The molecule has 0 aliphatic rings. The van der Waals surface area contributed by atoms with Crippen molar-refractivity contribution in [3.05, 3.63) is 51.2 Å². The summed E-state index contributed by atoms with van der Waals surface area (Å²) in [5.41, 5.74) is 1.78. The van der Waals surface area contributed by atoms with Gasteiger partial charge in [-0.2, -0.15) is 11.8 Å². The molecule has 2 N–H and O–H groups in total. The molecule has 0 radical (unpaired) electrons. The number of carbonyl (C=O) groups excluding carboxylic acids is 1. The van der Waals surface area contributed by atoms with Crippen molar-refractivity contribution in [2.24, 2.45) is 0 Å². The Balaban J connectivity index is 1.97. The van der Waals surface area contributed by atoms with E-state index >= 15 is 0 Å². The zero-order valence-electron chi connectivity index (χ0n) is 14.5. The Morgan fingerprint density at radius 1 is 1.28 bits per heavy atom. The molecule has 2 rings (SSSR count). The van der Waals surface area contributed by atoms with E-state index in [0.717, 1.165) is 17.1 Å². The maximum Gasteiger partial charge on any atom is 0.251 e. The van der Waals surface area contributed by atoms with Gasteiger partial charge in [-0.25, -0.2) is 13.1 Å². The second-order valence-electron chi connectivity index (χ2n) is 5.51. The van der Waals surface area contributed by atoms with Gasteiger partial charge in [-0.1, -0.05) is 6.07 Å². The third kappa shape index (κ3) is 5.31. The molecule has 0 atom stereocenters. The van der Waals surface area contributed by atoms with E-state index in [2.05, 4.69) is 16.1 Å². The highest BCUT2D eigenvalue weighted by molar-refractivity contribution is 7.98. The Bertz CT molecular complexity index is 831. The van der Waals surface area contributed by atoms with Crippen molar-refractivity contribution in [2.75, 3.05) is 19.3 Å². The van der Waals surface area contributed by atoms with Crippen molar-refractivity contribution in [1.82, 2.24) is 10.0 Å². The molecule has 0 saturated carbocycles. The number of sulfonamides is 1. The van der Waals surface area contributed by atoms with Gasteiger partial charge in [0.2, 0.25) is 10.0 Å². The molecule has 1 heterocycles. The number of rotatable bonds is 8. The molecule has 1 aromatic carbocycles. The largest absolute Gasteiger partial charge is 0.351 e. The smallest absolute Gasteiger partial charge is 0.251 e. The van der Waals surface area contributed by atoms with Gasteiger partial charge in [-0.15, -0.1) is 11.3 Å². The molecule has 136 valence electrons. The number of hydrogen-bond acceptors (Lipinski definition) is 5. The zero-order valence-corrected chi connectivity index (χ0v) is 16.9. The molecule has 2 aromatic rings. The fraction of sp³-hybridized carbons (Fsp3) is 0.353. The van der Waals surface area contributed by atoms with Crippen LogP contribution in [-0.2, 0) is 15.8 Å². The van der Waals surface area contributed by atoms with Gasteiger partial charge >= 0.3 is 0 Å². The van der Waals surface area contributed by atoms with Crippen LogP contribution in [-0.4, -0.2) is 33.7 Å². The summed E-state index contributed by atoms with van der Waals surface area (Å²) in [5, 5.41) is 4.90. The predicted molar refractivity (Wildman–Crippen MR) is 105 cm³/mol. The molecular formula is C17H22N2O3S3. The summed E-state index contributed by atoms with van der Waals surface area (Å²) < 4.78 is 26.5. The molecule has 0 bridgehead atoms. The monoisotopic (exact) mass is 398 g/mol. The highest BCUT2D eigenvalue weighted by Gasteiger charge is 2.19. The number of aryl methyl sites for hydroxylation is 1. The molecule has 0 spiro atoms. The van der Waals surface area contributed by atoms with Gasteiger partial charge in [0.1, 0.15) is 0 Å². The minimum Gasteiger partial charge on any atom is -0.351 e. The molecule has 1 amide bonds. The summed E-state index contributed by atoms with van der Waals surface area (Å²) in [4.78, 5) is 13.8. The minimum atomic E-state index is -3.59. The first-order chi connectivity index (χ1) is 11.8. The van der Waals surface area contributed by atoms with Gasteiger partial charge < -0.3 is 5.32 Å². The molecule has 1 aromatic heterocycles. The van der Waals surface area contributed by atoms with E-state index in [4.69, 9.17) is 0 Å². The first kappa shape index (κ1) is 20.0. The van der Waals surface area contributed by atoms with Gasteiger partial charge in [0, 0.05) is 28.5 Å². The molecule has 0 aliphatic heterocycles. The number of benzene rings is 1. The maximum absolute atomic E-state index is 12.3. The Labute approximate surface area is 157 Å². The molecule has 0 unspecified atom stereocenters. The first-order valence-corrected chi connectivity index (χ1v) is 11.3. The SMILES string of the molecule is CNS(=O)(=O)c1cc(C(=O)NCCSCc2cccs2)cc(C)c1C. The van der Waals surface area contributed by atoms with Crippen molar-refractivity contribution < 1.29 is 13.2 Å². The Morgan fingerprint density at radius 3 is 2.68 bits per heavy atom. The summed E-state index contributed by atoms with van der Waals surface area (Å²) in [6, 6.07) is 7.27. The van der Waals surface area contributed by atoms with Crippen LogP contribution in [0.15, 0.2) is 34.5 Å². The quantitative estimate of drug-likeness (QED) is 0.671. The van der Waals surface area contributed by atoms with Gasteiger partial charge in [-0.05, 0) is 55.6 Å². The number of hydrogen-bond donors (Lipinski definition) is 2. The van der Waals surface area contributed by atoms with Crippen LogP contribution in [0.4, 0.5) is 0 Å². The predicted octanol–water partition coefficient (Wildman–Crippen LogP) is 2.94. The highest BCUT2D eigenvalue weighted by Crippen LogP contribution is 2.21. The summed E-state index contributed by atoms with van der Waals surface area (Å²) in [6.45, 7) is 4.08. The standard InChI is InChI=1S/C17H22N2O3S3/c1-12-9-14(10-16(13(12)2)25(21,22)18-3)17(20)19-6-8-23-11-15-5-4-7-24-15/h4-5,7,9-10,18H,6,8,11H2,1-3H3,(H,19,20). The molecule has 0 fully saturated rings. The van der Waals surface area contributed by atoms with E-state index in [1.54, 1.807) is 43.0 Å². The second kappa shape index (κ2) is 8.84. The maximum atomic E-state index is 12.3. The fourth-order valence-electron chi connectivity index (χ4n) is 2.25. The second-order valence-corrected chi connectivity index (χ2v) is 9.50. The van der Waals surface area contributed by atoms with Crippen LogP contribution in [0.2, 0.25) is 0 Å². The fourth-order valence-corrected chi connectivity index (χ4v) is 5.02. The molecule has 0 saturated heterocycles. The molecule has 5 nitrogen and oxygen atoms in total. The first-order valence-electron chi connectivity index (χ1n) is 7.78. The summed E-state index contributed by atoms with van der Waals surface area (Å²) >= 11 is 3.48. The normalized spacial score (nSPS) is 11.5. The van der Waals surface area contributed by atoms with Gasteiger partial charge in [0.05, 0.1) is 4.90 Å². The number of thioether (sulfide) groups is 1. The van der Waals surface area contributed by atoms with Crippen LogP contribution in [0.25, 0.3) is 0 Å². The highest BCUT2D eigenvalue weighted by atomic mass is 32.2. The van der Waals surface area contributed by atoms with Crippen molar-refractivity contribution in [3.8, 4) is 0 Å².